The van der Waals surface area contributed by atoms with Crippen molar-refractivity contribution in [1.82, 2.24) is 20.1 Å². The first-order chi connectivity index (χ1) is 14.8. The molecule has 0 bridgehead atoms. The molecular weight excluding hydrogens is 412 g/mol. The summed E-state index contributed by atoms with van der Waals surface area (Å²) in [5.41, 5.74) is 1.29. The van der Waals surface area contributed by atoms with Crippen molar-refractivity contribution in [3.8, 4) is 0 Å². The highest BCUT2D eigenvalue weighted by atomic mass is 32.2. The van der Waals surface area contributed by atoms with Gasteiger partial charge in [0, 0.05) is 23.9 Å². The van der Waals surface area contributed by atoms with Gasteiger partial charge in [-0.05, 0) is 36.3 Å². The molecule has 1 aromatic carbocycles. The highest BCUT2D eigenvalue weighted by Gasteiger charge is 2.18. The van der Waals surface area contributed by atoms with Gasteiger partial charge in [-0.2, -0.15) is 0 Å². The molecule has 1 fully saturated rings. The summed E-state index contributed by atoms with van der Waals surface area (Å²) in [6.07, 6.45) is 7.63. The fourth-order valence-electron chi connectivity index (χ4n) is 3.88. The van der Waals surface area contributed by atoms with Gasteiger partial charge in [-0.25, -0.2) is 0 Å². The summed E-state index contributed by atoms with van der Waals surface area (Å²) in [6, 6.07) is 15.0. The van der Waals surface area contributed by atoms with E-state index in [1.807, 2.05) is 6.07 Å². The van der Waals surface area contributed by atoms with Gasteiger partial charge in [-0.1, -0.05) is 67.4 Å². The second-order valence-electron chi connectivity index (χ2n) is 7.73. The maximum absolute atomic E-state index is 12.5. The Kier molecular flexibility index (Phi) is 7.59. The average molecular weight is 441 g/mol. The van der Waals surface area contributed by atoms with Crippen LogP contribution in [0.15, 0.2) is 53.0 Å². The Balaban J connectivity index is 1.41. The van der Waals surface area contributed by atoms with E-state index in [0.29, 0.717) is 11.8 Å². The number of nitrogens with one attached hydrogen (secondary N) is 1. The average Bonchev–Trinajstić information content (AvgIpc) is 3.42. The van der Waals surface area contributed by atoms with E-state index in [9.17, 15) is 4.79 Å². The molecule has 1 amide bonds. The lowest BCUT2D eigenvalue weighted by atomic mass is 9.95. The lowest BCUT2D eigenvalue weighted by molar-refractivity contribution is -0.119. The summed E-state index contributed by atoms with van der Waals surface area (Å²) in [4.78, 5) is 13.7. The first-order valence-electron chi connectivity index (χ1n) is 10.7. The van der Waals surface area contributed by atoms with Crippen molar-refractivity contribution >= 4 is 29.0 Å². The zero-order chi connectivity index (χ0) is 20.6. The van der Waals surface area contributed by atoms with Crippen LogP contribution in [-0.4, -0.2) is 32.5 Å². The Morgan fingerprint density at radius 1 is 1.10 bits per heavy atom. The molecule has 7 heteroatoms. The number of thioether (sulfide) groups is 1. The Hall–Kier alpha value is -2.12. The quantitative estimate of drug-likeness (QED) is 0.489. The van der Waals surface area contributed by atoms with E-state index in [1.54, 1.807) is 11.3 Å². The van der Waals surface area contributed by atoms with Crippen LogP contribution in [0.3, 0.4) is 0 Å². The molecule has 2 heterocycles. The van der Waals surface area contributed by atoms with E-state index < -0.39 is 0 Å². The molecule has 2 aromatic heterocycles. The van der Waals surface area contributed by atoms with Gasteiger partial charge in [0.05, 0.1) is 5.75 Å². The van der Waals surface area contributed by atoms with Crippen LogP contribution in [0.5, 0.6) is 0 Å². The summed E-state index contributed by atoms with van der Waals surface area (Å²) in [6.45, 7) is 0.810. The number of amides is 1. The van der Waals surface area contributed by atoms with Gasteiger partial charge < -0.3 is 9.88 Å². The number of nitrogens with zero attached hydrogens (tertiary/aromatic N) is 3. The highest BCUT2D eigenvalue weighted by Crippen LogP contribution is 2.22. The van der Waals surface area contributed by atoms with Crippen LogP contribution in [0, 0.1) is 0 Å². The molecule has 1 saturated carbocycles. The number of thiophene rings is 1. The normalized spacial score (nSPS) is 14.7. The lowest BCUT2D eigenvalue weighted by Crippen LogP contribution is -2.37. The van der Waals surface area contributed by atoms with Crippen molar-refractivity contribution in [3.63, 3.8) is 0 Å². The van der Waals surface area contributed by atoms with Crippen LogP contribution in [-0.2, 0) is 24.2 Å². The lowest BCUT2D eigenvalue weighted by Gasteiger charge is -2.22. The largest absolute Gasteiger partial charge is 0.353 e. The van der Waals surface area contributed by atoms with Gasteiger partial charge in [0.25, 0.3) is 0 Å². The van der Waals surface area contributed by atoms with Gasteiger partial charge >= 0.3 is 0 Å². The minimum atomic E-state index is 0.101. The number of hydrogen-bond acceptors (Lipinski definition) is 5. The molecule has 0 atom stereocenters. The van der Waals surface area contributed by atoms with Gasteiger partial charge in [0.2, 0.25) is 5.91 Å². The van der Waals surface area contributed by atoms with Crippen molar-refractivity contribution in [2.75, 3.05) is 5.75 Å². The van der Waals surface area contributed by atoms with Gasteiger partial charge in [0.15, 0.2) is 5.16 Å². The molecule has 0 radical (unpaired) electrons. The summed E-state index contributed by atoms with van der Waals surface area (Å²) >= 11 is 3.23. The second-order valence-corrected chi connectivity index (χ2v) is 9.71. The van der Waals surface area contributed by atoms with E-state index >= 15 is 0 Å². The molecular formula is C23H28N4OS2. The fraction of sp³-hybridized carbons (Fsp3) is 0.435. The third kappa shape index (κ3) is 5.95. The van der Waals surface area contributed by atoms with Crippen molar-refractivity contribution < 1.29 is 4.79 Å². The third-order valence-corrected chi connectivity index (χ3v) is 7.32. The SMILES string of the molecule is O=C(CSc1nnc(Cc2cccs2)n1CCc1ccccc1)NC1CCCCC1. The van der Waals surface area contributed by atoms with Gasteiger partial charge in [-0.15, -0.1) is 21.5 Å². The molecule has 0 spiro atoms. The molecule has 158 valence electrons. The van der Waals surface area contributed by atoms with Crippen LogP contribution in [0.1, 0.15) is 48.4 Å². The molecule has 1 aliphatic carbocycles. The first-order valence-corrected chi connectivity index (χ1v) is 12.5. The standard InChI is InChI=1S/C23H28N4OS2/c28-22(24-19-10-5-2-6-11-19)17-30-23-26-25-21(16-20-12-7-15-29-20)27(23)14-13-18-8-3-1-4-9-18/h1,3-4,7-9,12,15,19H,2,5-6,10-11,13-14,16-17H2,(H,24,28). The molecule has 4 rings (SSSR count). The van der Waals surface area contributed by atoms with Crippen molar-refractivity contribution in [3.05, 3.63) is 64.1 Å². The fourth-order valence-corrected chi connectivity index (χ4v) is 5.38. The topological polar surface area (TPSA) is 59.8 Å². The third-order valence-electron chi connectivity index (χ3n) is 5.48. The molecule has 30 heavy (non-hydrogen) atoms. The van der Waals surface area contributed by atoms with Crippen LogP contribution in [0.2, 0.25) is 0 Å². The zero-order valence-corrected chi connectivity index (χ0v) is 18.8. The summed E-state index contributed by atoms with van der Waals surface area (Å²) in [5.74, 6) is 1.45. The smallest absolute Gasteiger partial charge is 0.230 e. The maximum atomic E-state index is 12.5. The first kappa shape index (κ1) is 21.1. The maximum Gasteiger partial charge on any atom is 0.230 e. The molecule has 5 nitrogen and oxygen atoms in total. The number of aryl methyl sites for hydroxylation is 1. The Labute approximate surface area is 186 Å². The molecule has 1 N–H and O–H groups in total. The van der Waals surface area contributed by atoms with Crippen molar-refractivity contribution in [2.45, 2.75) is 62.7 Å². The highest BCUT2D eigenvalue weighted by molar-refractivity contribution is 7.99. The Morgan fingerprint density at radius 3 is 2.70 bits per heavy atom. The molecule has 0 unspecified atom stereocenters. The van der Waals surface area contributed by atoms with E-state index in [0.717, 1.165) is 43.2 Å². The van der Waals surface area contributed by atoms with E-state index in [4.69, 9.17) is 0 Å². The number of rotatable bonds is 9. The predicted molar refractivity (Wildman–Crippen MR) is 123 cm³/mol. The summed E-state index contributed by atoms with van der Waals surface area (Å²) in [5, 5.41) is 15.0. The monoisotopic (exact) mass is 440 g/mol. The molecule has 3 aromatic rings. The van der Waals surface area contributed by atoms with E-state index in [1.165, 1.54) is 41.5 Å². The Morgan fingerprint density at radius 2 is 1.93 bits per heavy atom. The number of aromatic nitrogens is 3. The summed E-state index contributed by atoms with van der Waals surface area (Å²) < 4.78 is 2.19. The minimum absolute atomic E-state index is 0.101. The second kappa shape index (κ2) is 10.8. The van der Waals surface area contributed by atoms with E-state index in [-0.39, 0.29) is 5.91 Å². The zero-order valence-electron chi connectivity index (χ0n) is 17.1. The minimum Gasteiger partial charge on any atom is -0.353 e. The molecule has 1 aliphatic rings. The Bertz CT molecular complexity index is 918. The summed E-state index contributed by atoms with van der Waals surface area (Å²) in [7, 11) is 0. The van der Waals surface area contributed by atoms with Crippen LogP contribution >= 0.6 is 23.1 Å². The number of carbonyl (C=O) groups is 1. The van der Waals surface area contributed by atoms with Crippen LogP contribution < -0.4 is 5.32 Å². The van der Waals surface area contributed by atoms with Crippen molar-refractivity contribution in [2.24, 2.45) is 0 Å². The number of benzene rings is 1. The van der Waals surface area contributed by atoms with Crippen molar-refractivity contribution in [1.29, 1.82) is 0 Å². The molecule has 0 saturated heterocycles. The van der Waals surface area contributed by atoms with Crippen LogP contribution in [0.4, 0.5) is 0 Å². The number of hydrogen-bond donors (Lipinski definition) is 1. The van der Waals surface area contributed by atoms with Gasteiger partial charge in [0.1, 0.15) is 5.82 Å². The predicted octanol–water partition coefficient (Wildman–Crippen LogP) is 4.71. The van der Waals surface area contributed by atoms with Gasteiger partial charge in [-0.3, -0.25) is 4.79 Å². The number of carbonyl (C=O) groups excluding carboxylic acids is 1. The van der Waals surface area contributed by atoms with Crippen LogP contribution in [0.25, 0.3) is 0 Å². The molecule has 0 aliphatic heterocycles. The van der Waals surface area contributed by atoms with E-state index in [2.05, 4.69) is 61.9 Å².